The Morgan fingerprint density at radius 2 is 1.88 bits per heavy atom. The van der Waals surface area contributed by atoms with Gasteiger partial charge in [0.15, 0.2) is 0 Å². The van der Waals surface area contributed by atoms with E-state index in [0.717, 1.165) is 57.8 Å². The van der Waals surface area contributed by atoms with E-state index in [-0.39, 0.29) is 0 Å². The zero-order valence-electron chi connectivity index (χ0n) is 14.4. The number of carbonyl (C=O) groups excluding carboxylic acids is 1. The van der Waals surface area contributed by atoms with Gasteiger partial charge in [0.25, 0.3) is 0 Å². The molecule has 0 aromatic heterocycles. The molecule has 130 valence electrons. The van der Waals surface area contributed by atoms with E-state index in [0.29, 0.717) is 23.2 Å². The maximum atomic E-state index is 12.8. The summed E-state index contributed by atoms with van der Waals surface area (Å²) in [4.78, 5) is 14.9. The molecule has 2 aliphatic heterocycles. The van der Waals surface area contributed by atoms with Crippen molar-refractivity contribution in [3.63, 3.8) is 0 Å². The average Bonchev–Trinajstić information content (AvgIpc) is 3.34. The normalized spacial score (nSPS) is 26.3. The minimum atomic E-state index is 0.316. The molecule has 4 nitrogen and oxygen atoms in total. The molecule has 1 spiro atoms. The first kappa shape index (κ1) is 15.9. The largest absolute Gasteiger partial charge is 0.493 e. The molecule has 1 aliphatic carbocycles. The van der Waals surface area contributed by atoms with Crippen LogP contribution in [-0.2, 0) is 4.79 Å². The van der Waals surface area contributed by atoms with Gasteiger partial charge in [-0.05, 0) is 68.7 Å². The maximum Gasteiger partial charge on any atom is 0.226 e. The number of piperidine rings is 2. The van der Waals surface area contributed by atoms with Crippen LogP contribution in [0.25, 0.3) is 0 Å². The van der Waals surface area contributed by atoms with Crippen LogP contribution in [0.1, 0.15) is 32.1 Å². The number of nitrogens with zero attached hydrogens (tertiary/aromatic N) is 1. The molecule has 3 aliphatic rings. The highest BCUT2D eigenvalue weighted by Gasteiger charge is 2.58. The summed E-state index contributed by atoms with van der Waals surface area (Å²) in [6, 6.07) is 10.0. The molecule has 1 amide bonds. The van der Waals surface area contributed by atoms with Crippen molar-refractivity contribution < 1.29 is 9.53 Å². The Labute approximate surface area is 144 Å². The molecular weight excluding hydrogens is 300 g/mol. The van der Waals surface area contributed by atoms with Gasteiger partial charge >= 0.3 is 0 Å². The smallest absolute Gasteiger partial charge is 0.226 e. The molecule has 0 radical (unpaired) electrons. The lowest BCUT2D eigenvalue weighted by Gasteiger charge is -2.33. The number of amides is 1. The van der Waals surface area contributed by atoms with Gasteiger partial charge < -0.3 is 15.0 Å². The molecule has 1 saturated carbocycles. The summed E-state index contributed by atoms with van der Waals surface area (Å²) in [5.74, 6) is 2.26. The van der Waals surface area contributed by atoms with E-state index in [1.807, 2.05) is 30.3 Å². The van der Waals surface area contributed by atoms with Gasteiger partial charge in [-0.2, -0.15) is 0 Å². The summed E-state index contributed by atoms with van der Waals surface area (Å²) in [5.41, 5.74) is 0.357. The highest BCUT2D eigenvalue weighted by atomic mass is 16.5. The Balaban J connectivity index is 1.22. The highest BCUT2D eigenvalue weighted by molar-refractivity contribution is 5.82. The number of rotatable bonds is 4. The van der Waals surface area contributed by atoms with Crippen LogP contribution >= 0.6 is 0 Å². The third-order valence-electron chi connectivity index (χ3n) is 6.24. The van der Waals surface area contributed by atoms with Crippen LogP contribution in [0.2, 0.25) is 0 Å². The lowest BCUT2D eigenvalue weighted by atomic mass is 9.91. The number of para-hydroxylation sites is 1. The number of hydrogen-bond donors (Lipinski definition) is 1. The van der Waals surface area contributed by atoms with Gasteiger partial charge in [-0.15, -0.1) is 0 Å². The van der Waals surface area contributed by atoms with E-state index >= 15 is 0 Å². The summed E-state index contributed by atoms with van der Waals surface area (Å²) >= 11 is 0. The van der Waals surface area contributed by atoms with Gasteiger partial charge in [0, 0.05) is 19.0 Å². The Kier molecular flexibility index (Phi) is 4.49. The zero-order chi connectivity index (χ0) is 16.4. The molecular formula is C20H28N2O2. The zero-order valence-corrected chi connectivity index (χ0v) is 14.4. The Morgan fingerprint density at radius 1 is 1.17 bits per heavy atom. The monoisotopic (exact) mass is 328 g/mol. The number of ether oxygens (including phenoxy) is 1. The second-order valence-electron chi connectivity index (χ2n) is 7.76. The fourth-order valence-electron chi connectivity index (χ4n) is 4.45. The standard InChI is InChI=1S/C20H28N2O2/c23-19(18-14-20(18)8-10-21-11-9-20)22-12-6-16(7-13-22)15-24-17-4-2-1-3-5-17/h1-5,16,18,21H,6-15H2. The molecule has 2 saturated heterocycles. The molecule has 0 bridgehead atoms. The van der Waals surface area contributed by atoms with Crippen LogP contribution in [0.5, 0.6) is 5.75 Å². The van der Waals surface area contributed by atoms with Crippen LogP contribution in [0.15, 0.2) is 30.3 Å². The van der Waals surface area contributed by atoms with Gasteiger partial charge in [-0.3, -0.25) is 4.79 Å². The van der Waals surface area contributed by atoms with Gasteiger partial charge in [0.1, 0.15) is 5.75 Å². The number of benzene rings is 1. The minimum Gasteiger partial charge on any atom is -0.493 e. The van der Waals surface area contributed by atoms with Gasteiger partial charge in [-0.1, -0.05) is 18.2 Å². The van der Waals surface area contributed by atoms with Crippen molar-refractivity contribution in [1.29, 1.82) is 0 Å². The van der Waals surface area contributed by atoms with Crippen molar-refractivity contribution in [2.24, 2.45) is 17.3 Å². The summed E-state index contributed by atoms with van der Waals surface area (Å²) in [6.45, 7) is 4.76. The third kappa shape index (κ3) is 3.30. The predicted octanol–water partition coefficient (Wildman–Crippen LogP) is 2.69. The fraction of sp³-hybridized carbons (Fsp3) is 0.650. The topological polar surface area (TPSA) is 41.6 Å². The lowest BCUT2D eigenvalue weighted by Crippen LogP contribution is -2.42. The lowest BCUT2D eigenvalue weighted by molar-refractivity contribution is -0.135. The summed E-state index contributed by atoms with van der Waals surface area (Å²) in [7, 11) is 0. The minimum absolute atomic E-state index is 0.316. The molecule has 4 rings (SSSR count). The van der Waals surface area contributed by atoms with Crippen molar-refractivity contribution in [3.8, 4) is 5.75 Å². The molecule has 4 heteroatoms. The number of nitrogens with one attached hydrogen (secondary N) is 1. The quantitative estimate of drug-likeness (QED) is 0.924. The van der Waals surface area contributed by atoms with Crippen molar-refractivity contribution >= 4 is 5.91 Å². The van der Waals surface area contributed by atoms with Crippen LogP contribution in [0.3, 0.4) is 0 Å². The SMILES string of the molecule is O=C(C1CC12CCNCC2)N1CCC(COc2ccccc2)CC1. The number of likely N-dealkylation sites (tertiary alicyclic amines) is 1. The molecule has 1 aromatic rings. The van der Waals surface area contributed by atoms with Crippen LogP contribution in [0.4, 0.5) is 0 Å². The molecule has 24 heavy (non-hydrogen) atoms. The van der Waals surface area contributed by atoms with E-state index in [1.54, 1.807) is 0 Å². The molecule has 1 aromatic carbocycles. The Bertz CT molecular complexity index is 560. The van der Waals surface area contributed by atoms with Crippen LogP contribution in [0, 0.1) is 17.3 Å². The fourth-order valence-corrected chi connectivity index (χ4v) is 4.45. The summed E-state index contributed by atoms with van der Waals surface area (Å²) in [6.07, 6.45) is 5.64. The second kappa shape index (κ2) is 6.75. The van der Waals surface area contributed by atoms with Gasteiger partial charge in [0.2, 0.25) is 5.91 Å². The van der Waals surface area contributed by atoms with E-state index < -0.39 is 0 Å². The van der Waals surface area contributed by atoms with E-state index in [4.69, 9.17) is 4.74 Å². The predicted molar refractivity (Wildman–Crippen MR) is 93.9 cm³/mol. The van der Waals surface area contributed by atoms with Gasteiger partial charge in [-0.25, -0.2) is 0 Å². The molecule has 1 N–H and O–H groups in total. The maximum absolute atomic E-state index is 12.8. The van der Waals surface area contributed by atoms with Crippen molar-refractivity contribution in [3.05, 3.63) is 30.3 Å². The third-order valence-corrected chi connectivity index (χ3v) is 6.24. The van der Waals surface area contributed by atoms with Crippen LogP contribution in [-0.4, -0.2) is 43.6 Å². The summed E-state index contributed by atoms with van der Waals surface area (Å²) in [5, 5.41) is 3.41. The molecule has 3 fully saturated rings. The Hall–Kier alpha value is -1.55. The van der Waals surface area contributed by atoms with Crippen LogP contribution < -0.4 is 10.1 Å². The molecule has 2 heterocycles. The van der Waals surface area contributed by atoms with Crippen molar-refractivity contribution in [2.45, 2.75) is 32.1 Å². The highest BCUT2D eigenvalue weighted by Crippen LogP contribution is 2.59. The first-order chi connectivity index (χ1) is 11.8. The Morgan fingerprint density at radius 3 is 2.58 bits per heavy atom. The second-order valence-corrected chi connectivity index (χ2v) is 7.76. The summed E-state index contributed by atoms with van der Waals surface area (Å²) < 4.78 is 5.88. The van der Waals surface area contributed by atoms with Gasteiger partial charge in [0.05, 0.1) is 6.61 Å². The number of hydrogen-bond acceptors (Lipinski definition) is 3. The number of carbonyl (C=O) groups is 1. The average molecular weight is 328 g/mol. The van der Waals surface area contributed by atoms with E-state index in [2.05, 4.69) is 10.2 Å². The first-order valence-electron chi connectivity index (χ1n) is 9.44. The molecule has 1 atom stereocenters. The van der Waals surface area contributed by atoms with E-state index in [9.17, 15) is 4.79 Å². The first-order valence-corrected chi connectivity index (χ1v) is 9.44. The van der Waals surface area contributed by atoms with E-state index in [1.165, 1.54) is 12.8 Å². The molecule has 1 unspecified atom stereocenters. The van der Waals surface area contributed by atoms with Crippen molar-refractivity contribution in [1.82, 2.24) is 10.2 Å². The van der Waals surface area contributed by atoms with Crippen molar-refractivity contribution in [2.75, 3.05) is 32.8 Å².